The topological polar surface area (TPSA) is 86.8 Å². The van der Waals surface area contributed by atoms with Crippen LogP contribution in [-0.2, 0) is 19.6 Å². The van der Waals surface area contributed by atoms with E-state index in [-0.39, 0.29) is 29.0 Å². The van der Waals surface area contributed by atoms with Gasteiger partial charge in [-0.2, -0.15) is 0 Å². The summed E-state index contributed by atoms with van der Waals surface area (Å²) < 4.78 is 26.3. The van der Waals surface area contributed by atoms with Crippen molar-refractivity contribution in [2.24, 2.45) is 0 Å². The van der Waals surface area contributed by atoms with E-state index >= 15 is 0 Å². The molecule has 2 aromatic rings. The summed E-state index contributed by atoms with van der Waals surface area (Å²) in [6.07, 6.45) is 1.89. The fourth-order valence-corrected chi connectivity index (χ4v) is 5.77. The van der Waals surface area contributed by atoms with E-state index in [4.69, 9.17) is 11.6 Å². The Kier molecular flexibility index (Phi) is 6.94. The molecule has 29 heavy (non-hydrogen) atoms. The Balaban J connectivity index is 1.51. The van der Waals surface area contributed by atoms with Gasteiger partial charge in [-0.3, -0.25) is 9.59 Å². The molecule has 1 aromatic carbocycles. The normalized spacial score (nSPS) is 14.6. The Hall–Kier alpha value is -1.94. The Bertz CT molecular complexity index is 993. The van der Waals surface area contributed by atoms with Crippen LogP contribution in [0.1, 0.15) is 25.7 Å². The van der Waals surface area contributed by atoms with Gasteiger partial charge in [0.25, 0.3) is 10.0 Å². The summed E-state index contributed by atoms with van der Waals surface area (Å²) in [5.41, 5.74) is 1.18. The molecule has 1 aliphatic rings. The minimum atomic E-state index is -3.51. The first-order valence-electron chi connectivity index (χ1n) is 9.18. The van der Waals surface area contributed by atoms with Crippen molar-refractivity contribution in [2.75, 3.05) is 30.4 Å². The summed E-state index contributed by atoms with van der Waals surface area (Å²) in [7, 11) is -2.00. The van der Waals surface area contributed by atoms with Crippen LogP contribution in [0.4, 0.5) is 11.4 Å². The molecule has 0 saturated carbocycles. The van der Waals surface area contributed by atoms with Crippen LogP contribution in [0.3, 0.4) is 0 Å². The summed E-state index contributed by atoms with van der Waals surface area (Å²) in [5, 5.41) is 4.87. The number of benzene rings is 1. The third kappa shape index (κ3) is 5.16. The quantitative estimate of drug-likeness (QED) is 0.659. The van der Waals surface area contributed by atoms with Gasteiger partial charge in [0.1, 0.15) is 4.21 Å². The summed E-state index contributed by atoms with van der Waals surface area (Å²) in [4.78, 5) is 25.7. The lowest BCUT2D eigenvalue weighted by Gasteiger charge is -2.18. The van der Waals surface area contributed by atoms with Gasteiger partial charge < -0.3 is 10.2 Å². The fraction of sp³-hybridized carbons (Fsp3) is 0.368. The predicted molar refractivity (Wildman–Crippen MR) is 115 cm³/mol. The van der Waals surface area contributed by atoms with Crippen molar-refractivity contribution < 1.29 is 18.0 Å². The molecular weight excluding hydrogens is 434 g/mol. The first-order chi connectivity index (χ1) is 13.8. The lowest BCUT2D eigenvalue weighted by molar-refractivity contribution is -0.117. The Morgan fingerprint density at radius 1 is 1.34 bits per heavy atom. The van der Waals surface area contributed by atoms with Gasteiger partial charge in [0.2, 0.25) is 11.8 Å². The molecule has 3 rings (SSSR count). The minimum Gasteiger partial charge on any atom is -0.326 e. The highest BCUT2D eigenvalue weighted by atomic mass is 35.5. The van der Waals surface area contributed by atoms with Crippen molar-refractivity contribution in [1.82, 2.24) is 4.31 Å². The first kappa shape index (κ1) is 21.8. The maximum Gasteiger partial charge on any atom is 0.252 e. The second-order valence-corrected chi connectivity index (χ2v) is 10.4. The molecule has 2 amide bonds. The average molecular weight is 456 g/mol. The van der Waals surface area contributed by atoms with Crippen molar-refractivity contribution in [3.8, 4) is 0 Å². The predicted octanol–water partition coefficient (Wildman–Crippen LogP) is 3.57. The monoisotopic (exact) mass is 455 g/mol. The molecule has 10 heteroatoms. The average Bonchev–Trinajstić information content (AvgIpc) is 3.34. The maximum absolute atomic E-state index is 12.4. The molecule has 0 radical (unpaired) electrons. The third-order valence-electron chi connectivity index (χ3n) is 4.63. The van der Waals surface area contributed by atoms with Gasteiger partial charge in [0.05, 0.1) is 10.7 Å². The zero-order valence-electron chi connectivity index (χ0n) is 15.9. The summed E-state index contributed by atoms with van der Waals surface area (Å²) in [6, 6.07) is 8.30. The molecular formula is C19H22ClN3O4S2. The van der Waals surface area contributed by atoms with E-state index in [9.17, 15) is 18.0 Å². The van der Waals surface area contributed by atoms with Gasteiger partial charge in [0, 0.05) is 38.7 Å². The number of thiophene rings is 1. The second-order valence-electron chi connectivity index (χ2n) is 6.73. The summed E-state index contributed by atoms with van der Waals surface area (Å²) >= 11 is 7.45. The molecule has 0 unspecified atom stereocenters. The number of nitrogens with one attached hydrogen (secondary N) is 1. The molecule has 1 aliphatic heterocycles. The molecule has 1 saturated heterocycles. The number of hydrogen-bond donors (Lipinski definition) is 1. The number of nitrogens with zero attached hydrogens (tertiary/aromatic N) is 2. The van der Waals surface area contributed by atoms with Crippen molar-refractivity contribution in [3.63, 3.8) is 0 Å². The van der Waals surface area contributed by atoms with E-state index in [1.807, 2.05) is 0 Å². The van der Waals surface area contributed by atoms with Crippen molar-refractivity contribution >= 4 is 56.2 Å². The molecule has 0 aliphatic carbocycles. The number of hydrogen-bond acceptors (Lipinski definition) is 5. The van der Waals surface area contributed by atoms with Gasteiger partial charge in [0.15, 0.2) is 0 Å². The van der Waals surface area contributed by atoms with Gasteiger partial charge in [-0.15, -0.1) is 11.3 Å². The van der Waals surface area contributed by atoms with Crippen molar-refractivity contribution in [2.45, 2.75) is 29.9 Å². The number of carbonyl (C=O) groups is 2. The SMILES string of the molecule is CN(CCCC(=O)Nc1ccc(N2CCCC2=O)c(Cl)c1)S(=O)(=O)c1cccs1. The molecule has 0 bridgehead atoms. The third-order valence-corrected chi connectivity index (χ3v) is 8.16. The van der Waals surface area contributed by atoms with Crippen molar-refractivity contribution in [3.05, 3.63) is 40.7 Å². The molecule has 156 valence electrons. The summed E-state index contributed by atoms with van der Waals surface area (Å²) in [5.74, 6) is -0.182. The molecule has 1 aromatic heterocycles. The molecule has 0 spiro atoms. The Morgan fingerprint density at radius 2 is 2.14 bits per heavy atom. The van der Waals surface area contributed by atoms with E-state index in [0.29, 0.717) is 35.8 Å². The van der Waals surface area contributed by atoms with E-state index in [0.717, 1.165) is 6.42 Å². The van der Waals surface area contributed by atoms with Crippen molar-refractivity contribution in [1.29, 1.82) is 0 Å². The van der Waals surface area contributed by atoms with Gasteiger partial charge >= 0.3 is 0 Å². The first-order valence-corrected chi connectivity index (χ1v) is 11.9. The van der Waals surface area contributed by atoms with Crippen LogP contribution in [0, 0.1) is 0 Å². The van der Waals surface area contributed by atoms with E-state index in [2.05, 4.69) is 5.32 Å². The van der Waals surface area contributed by atoms with Crippen LogP contribution in [0.15, 0.2) is 39.9 Å². The van der Waals surface area contributed by atoms with Crippen LogP contribution in [0.5, 0.6) is 0 Å². The molecule has 0 atom stereocenters. The highest BCUT2D eigenvalue weighted by molar-refractivity contribution is 7.91. The number of amides is 2. The number of anilines is 2. The maximum atomic E-state index is 12.4. The van der Waals surface area contributed by atoms with Gasteiger partial charge in [-0.25, -0.2) is 12.7 Å². The highest BCUT2D eigenvalue weighted by Gasteiger charge is 2.24. The second kappa shape index (κ2) is 9.25. The lowest BCUT2D eigenvalue weighted by atomic mass is 10.2. The molecule has 2 heterocycles. The van der Waals surface area contributed by atoms with E-state index in [1.165, 1.54) is 22.7 Å². The largest absolute Gasteiger partial charge is 0.326 e. The smallest absolute Gasteiger partial charge is 0.252 e. The summed E-state index contributed by atoms with van der Waals surface area (Å²) in [6.45, 7) is 0.885. The minimum absolute atomic E-state index is 0.0466. The van der Waals surface area contributed by atoms with Gasteiger partial charge in [-0.05, 0) is 42.5 Å². The standard InChI is InChI=1S/C19H22ClN3O4S2/c1-22(29(26,27)19-7-4-12-28-19)10-2-5-17(24)21-14-8-9-16(15(20)13-14)23-11-3-6-18(23)25/h4,7-9,12-13H,2-3,5-6,10-11H2,1H3,(H,21,24). The Labute approximate surface area is 179 Å². The van der Waals surface area contributed by atoms with Crippen LogP contribution in [-0.4, -0.2) is 44.7 Å². The Morgan fingerprint density at radius 3 is 2.76 bits per heavy atom. The molecule has 1 N–H and O–H groups in total. The zero-order chi connectivity index (χ0) is 21.0. The van der Waals surface area contributed by atoms with Gasteiger partial charge in [-0.1, -0.05) is 17.7 Å². The van der Waals surface area contributed by atoms with Crippen LogP contribution < -0.4 is 10.2 Å². The fourth-order valence-electron chi connectivity index (χ4n) is 3.08. The number of rotatable bonds is 8. The van der Waals surface area contributed by atoms with Crippen LogP contribution in [0.25, 0.3) is 0 Å². The lowest BCUT2D eigenvalue weighted by Crippen LogP contribution is -2.28. The van der Waals surface area contributed by atoms with E-state index < -0.39 is 10.0 Å². The molecule has 1 fully saturated rings. The van der Waals surface area contributed by atoms with E-state index in [1.54, 1.807) is 40.6 Å². The number of carbonyl (C=O) groups excluding carboxylic acids is 2. The zero-order valence-corrected chi connectivity index (χ0v) is 18.3. The van der Waals surface area contributed by atoms with Crippen LogP contribution in [0.2, 0.25) is 5.02 Å². The number of halogens is 1. The highest BCUT2D eigenvalue weighted by Crippen LogP contribution is 2.31. The molecule has 7 nitrogen and oxygen atoms in total. The number of sulfonamides is 1. The van der Waals surface area contributed by atoms with Crippen LogP contribution >= 0.6 is 22.9 Å².